The van der Waals surface area contributed by atoms with E-state index in [1.165, 1.54) is 0 Å². The first kappa shape index (κ1) is 21.9. The van der Waals surface area contributed by atoms with Gasteiger partial charge in [0.25, 0.3) is 0 Å². The Balaban J connectivity index is 0.00000484. The highest BCUT2D eigenvalue weighted by Gasteiger charge is 2.10. The van der Waals surface area contributed by atoms with Gasteiger partial charge in [0.1, 0.15) is 5.75 Å². The maximum Gasteiger partial charge on any atom is 0.387 e. The van der Waals surface area contributed by atoms with Crippen LogP contribution in [-0.4, -0.2) is 26.2 Å². The molecule has 0 aliphatic carbocycles. The summed E-state index contributed by atoms with van der Waals surface area (Å²) in [5.74, 6) is 0.843. The van der Waals surface area contributed by atoms with E-state index >= 15 is 0 Å². The molecule has 0 amide bonds. The van der Waals surface area contributed by atoms with Gasteiger partial charge in [-0.25, -0.2) is 0 Å². The summed E-state index contributed by atoms with van der Waals surface area (Å²) in [5.41, 5.74) is 1.67. The number of hydrogen-bond donors (Lipinski definition) is 2. The Morgan fingerprint density at radius 3 is 2.61 bits per heavy atom. The molecule has 0 bridgehead atoms. The Morgan fingerprint density at radius 1 is 1.26 bits per heavy atom. The molecule has 0 unspecified atom stereocenters. The van der Waals surface area contributed by atoms with E-state index in [4.69, 9.17) is 0 Å². The second kappa shape index (κ2) is 12.3. The average molecular weight is 441 g/mol. The third kappa shape index (κ3) is 8.92. The predicted molar refractivity (Wildman–Crippen MR) is 101 cm³/mol. The predicted octanol–water partition coefficient (Wildman–Crippen LogP) is 4.07. The van der Waals surface area contributed by atoms with E-state index < -0.39 is 6.61 Å². The molecule has 0 aliphatic heterocycles. The fourth-order valence-corrected chi connectivity index (χ4v) is 2.04. The Kier molecular flexibility index (Phi) is 11.7. The number of aliphatic imine (C=N–C) groups is 1. The lowest BCUT2D eigenvalue weighted by Gasteiger charge is -2.15. The van der Waals surface area contributed by atoms with E-state index in [1.54, 1.807) is 19.2 Å². The highest BCUT2D eigenvalue weighted by atomic mass is 127. The summed E-state index contributed by atoms with van der Waals surface area (Å²) < 4.78 is 29.4. The van der Waals surface area contributed by atoms with Gasteiger partial charge in [-0.2, -0.15) is 8.78 Å². The lowest BCUT2D eigenvalue weighted by Crippen LogP contribution is -2.37. The van der Waals surface area contributed by atoms with Crippen molar-refractivity contribution in [1.29, 1.82) is 0 Å². The van der Waals surface area contributed by atoms with Gasteiger partial charge in [0, 0.05) is 25.7 Å². The second-order valence-electron chi connectivity index (χ2n) is 5.05. The summed E-state index contributed by atoms with van der Waals surface area (Å²) >= 11 is 0. The van der Waals surface area contributed by atoms with Crippen molar-refractivity contribution in [3.8, 4) is 5.75 Å². The van der Waals surface area contributed by atoms with Crippen molar-refractivity contribution < 1.29 is 13.5 Å². The molecule has 0 aromatic heterocycles. The standard InChI is InChI=1S/C16H25F2N3O.HI/c1-4-5-6-9-20-16(19-3)21-11-13-10-12(2)7-8-14(13)22-15(17)18;/h7-8,10,15H,4-6,9,11H2,1-3H3,(H2,19,20,21);1H. The fraction of sp³-hybridized carbons (Fsp3) is 0.562. The van der Waals surface area contributed by atoms with E-state index in [-0.39, 0.29) is 29.7 Å². The van der Waals surface area contributed by atoms with Crippen LogP contribution in [0.3, 0.4) is 0 Å². The molecule has 1 aromatic rings. The zero-order chi connectivity index (χ0) is 16.4. The number of alkyl halides is 2. The quantitative estimate of drug-likeness (QED) is 0.277. The average Bonchev–Trinajstić information content (AvgIpc) is 2.48. The highest BCUT2D eigenvalue weighted by molar-refractivity contribution is 14.0. The van der Waals surface area contributed by atoms with Gasteiger partial charge in [0.15, 0.2) is 5.96 Å². The summed E-state index contributed by atoms with van der Waals surface area (Å²) in [4.78, 5) is 4.12. The Labute approximate surface area is 154 Å². The van der Waals surface area contributed by atoms with Crippen LogP contribution >= 0.6 is 24.0 Å². The summed E-state index contributed by atoms with van der Waals surface area (Å²) in [6.45, 7) is 2.44. The molecule has 0 spiro atoms. The molecule has 1 aromatic carbocycles. The minimum Gasteiger partial charge on any atom is -0.434 e. The van der Waals surface area contributed by atoms with Gasteiger partial charge in [-0.05, 0) is 19.4 Å². The van der Waals surface area contributed by atoms with Crippen LogP contribution in [-0.2, 0) is 6.54 Å². The van der Waals surface area contributed by atoms with Crippen molar-refractivity contribution in [2.24, 2.45) is 4.99 Å². The smallest absolute Gasteiger partial charge is 0.387 e. The third-order valence-electron chi connectivity index (χ3n) is 3.17. The molecule has 7 heteroatoms. The van der Waals surface area contributed by atoms with Gasteiger partial charge in [-0.3, -0.25) is 4.99 Å². The largest absolute Gasteiger partial charge is 0.434 e. The van der Waals surface area contributed by atoms with Gasteiger partial charge in [-0.1, -0.05) is 37.5 Å². The molecule has 1 rings (SSSR count). The summed E-state index contributed by atoms with van der Waals surface area (Å²) in [6.07, 6.45) is 3.39. The van der Waals surface area contributed by atoms with Crippen molar-refractivity contribution in [2.75, 3.05) is 13.6 Å². The summed E-state index contributed by atoms with van der Waals surface area (Å²) in [5, 5.41) is 6.32. The first-order chi connectivity index (χ1) is 10.6. The molecule has 132 valence electrons. The molecule has 2 N–H and O–H groups in total. The monoisotopic (exact) mass is 441 g/mol. The Bertz CT molecular complexity index is 484. The number of halogens is 3. The molecule has 0 radical (unpaired) electrons. The van der Waals surface area contributed by atoms with Crippen LogP contribution < -0.4 is 15.4 Å². The van der Waals surface area contributed by atoms with E-state index in [9.17, 15) is 8.78 Å². The zero-order valence-corrected chi connectivity index (χ0v) is 16.2. The topological polar surface area (TPSA) is 45.7 Å². The molecule has 0 fully saturated rings. The van der Waals surface area contributed by atoms with Crippen molar-refractivity contribution in [3.05, 3.63) is 29.3 Å². The van der Waals surface area contributed by atoms with Gasteiger partial charge in [-0.15, -0.1) is 24.0 Å². The highest BCUT2D eigenvalue weighted by Crippen LogP contribution is 2.21. The maximum absolute atomic E-state index is 12.4. The molecule has 4 nitrogen and oxygen atoms in total. The maximum atomic E-state index is 12.4. The van der Waals surface area contributed by atoms with Gasteiger partial charge in [0.05, 0.1) is 0 Å². The lowest BCUT2D eigenvalue weighted by atomic mass is 10.1. The number of hydrogen-bond acceptors (Lipinski definition) is 2. The number of rotatable bonds is 8. The summed E-state index contributed by atoms with van der Waals surface area (Å²) in [7, 11) is 1.68. The van der Waals surface area contributed by atoms with Crippen LogP contribution in [0.2, 0.25) is 0 Å². The van der Waals surface area contributed by atoms with E-state index in [1.807, 2.05) is 13.0 Å². The molecular weight excluding hydrogens is 415 g/mol. The van der Waals surface area contributed by atoms with Crippen molar-refractivity contribution >= 4 is 29.9 Å². The fourth-order valence-electron chi connectivity index (χ4n) is 2.04. The molecule has 0 saturated heterocycles. The van der Waals surface area contributed by atoms with Crippen molar-refractivity contribution in [1.82, 2.24) is 10.6 Å². The molecule has 0 heterocycles. The zero-order valence-electron chi connectivity index (χ0n) is 13.9. The molecule has 0 aliphatic rings. The number of ether oxygens (including phenoxy) is 1. The number of aryl methyl sites for hydroxylation is 1. The summed E-state index contributed by atoms with van der Waals surface area (Å²) in [6, 6.07) is 5.14. The normalized spacial score (nSPS) is 11.1. The Morgan fingerprint density at radius 2 is 2.00 bits per heavy atom. The van der Waals surface area contributed by atoms with E-state index in [0.717, 1.165) is 31.4 Å². The van der Waals surface area contributed by atoms with Crippen LogP contribution in [0.15, 0.2) is 23.2 Å². The molecular formula is C16H26F2IN3O. The number of benzene rings is 1. The number of unbranched alkanes of at least 4 members (excludes halogenated alkanes) is 2. The minimum absolute atomic E-state index is 0. The second-order valence-corrected chi connectivity index (χ2v) is 5.05. The molecule has 23 heavy (non-hydrogen) atoms. The van der Waals surface area contributed by atoms with Crippen LogP contribution in [0.1, 0.15) is 37.3 Å². The first-order valence-electron chi connectivity index (χ1n) is 7.55. The number of guanidine groups is 1. The van der Waals surface area contributed by atoms with Crippen LogP contribution in [0.5, 0.6) is 5.75 Å². The van der Waals surface area contributed by atoms with Crippen molar-refractivity contribution in [3.63, 3.8) is 0 Å². The van der Waals surface area contributed by atoms with Crippen LogP contribution in [0.4, 0.5) is 8.78 Å². The SMILES string of the molecule is CCCCCNC(=NC)NCc1cc(C)ccc1OC(F)F.I. The number of nitrogens with zero attached hydrogens (tertiary/aromatic N) is 1. The van der Waals surface area contributed by atoms with E-state index in [2.05, 4.69) is 27.3 Å². The molecule has 0 saturated carbocycles. The van der Waals surface area contributed by atoms with E-state index in [0.29, 0.717) is 18.1 Å². The minimum atomic E-state index is -2.83. The van der Waals surface area contributed by atoms with Crippen LogP contribution in [0, 0.1) is 6.92 Å². The lowest BCUT2D eigenvalue weighted by molar-refractivity contribution is -0.0504. The first-order valence-corrected chi connectivity index (χ1v) is 7.55. The molecule has 0 atom stereocenters. The third-order valence-corrected chi connectivity index (χ3v) is 3.17. The Hall–Kier alpha value is -1.12. The van der Waals surface area contributed by atoms with Crippen molar-refractivity contribution in [2.45, 2.75) is 46.3 Å². The number of nitrogens with one attached hydrogen (secondary N) is 2. The van der Waals surface area contributed by atoms with Gasteiger partial charge < -0.3 is 15.4 Å². The van der Waals surface area contributed by atoms with Crippen LogP contribution in [0.25, 0.3) is 0 Å². The van der Waals surface area contributed by atoms with Gasteiger partial charge >= 0.3 is 6.61 Å². The van der Waals surface area contributed by atoms with Gasteiger partial charge in [0.2, 0.25) is 0 Å².